The van der Waals surface area contributed by atoms with E-state index in [1.165, 1.54) is 11.1 Å². The predicted molar refractivity (Wildman–Crippen MR) is 79.4 cm³/mol. The molecular weight excluding hydrogens is 234 g/mol. The first-order valence-electron chi connectivity index (χ1n) is 6.76. The maximum atomic E-state index is 4.41. The van der Waals surface area contributed by atoms with Crippen LogP contribution in [0.4, 0.5) is 5.82 Å². The highest BCUT2D eigenvalue weighted by molar-refractivity contribution is 5.39. The number of nitrogens with zero attached hydrogens (tertiary/aromatic N) is 2. The molecule has 0 spiro atoms. The fourth-order valence-electron chi connectivity index (χ4n) is 2.14. The number of hydrogen-bond acceptors (Lipinski definition) is 3. The predicted octanol–water partition coefficient (Wildman–Crippen LogP) is 3.83. The van der Waals surface area contributed by atoms with Gasteiger partial charge in [-0.25, -0.2) is 9.97 Å². The Morgan fingerprint density at radius 3 is 2.37 bits per heavy atom. The second-order valence-corrected chi connectivity index (χ2v) is 4.90. The standard InChI is InChI=1S/C16H21N3/c1-5-14-6-8-15(9-7-14)12(3)18-16-10-11(2)17-13(4)19-16/h6-10,12H,5H2,1-4H3,(H,17,18,19). The lowest BCUT2D eigenvalue weighted by Crippen LogP contribution is -2.09. The molecule has 1 aromatic carbocycles. The van der Waals surface area contributed by atoms with Crippen LogP contribution in [0.25, 0.3) is 0 Å². The van der Waals surface area contributed by atoms with Crippen molar-refractivity contribution in [3.8, 4) is 0 Å². The number of anilines is 1. The first-order valence-corrected chi connectivity index (χ1v) is 6.76. The van der Waals surface area contributed by atoms with Crippen molar-refractivity contribution in [1.82, 2.24) is 9.97 Å². The molecule has 1 aromatic heterocycles. The van der Waals surface area contributed by atoms with Gasteiger partial charge >= 0.3 is 0 Å². The van der Waals surface area contributed by atoms with Crippen molar-refractivity contribution in [2.24, 2.45) is 0 Å². The van der Waals surface area contributed by atoms with Crippen molar-refractivity contribution in [2.75, 3.05) is 5.32 Å². The van der Waals surface area contributed by atoms with Crippen molar-refractivity contribution < 1.29 is 0 Å². The first-order chi connectivity index (χ1) is 9.08. The van der Waals surface area contributed by atoms with E-state index in [1.54, 1.807) is 0 Å². The molecule has 1 unspecified atom stereocenters. The molecule has 0 radical (unpaired) electrons. The monoisotopic (exact) mass is 255 g/mol. The Morgan fingerprint density at radius 2 is 1.79 bits per heavy atom. The summed E-state index contributed by atoms with van der Waals surface area (Å²) in [6, 6.07) is 10.9. The van der Waals surface area contributed by atoms with Crippen LogP contribution in [0.1, 0.15) is 42.5 Å². The molecule has 0 amide bonds. The molecule has 1 atom stereocenters. The third-order valence-electron chi connectivity index (χ3n) is 3.22. The molecule has 3 heteroatoms. The van der Waals surface area contributed by atoms with Crippen LogP contribution < -0.4 is 5.32 Å². The summed E-state index contributed by atoms with van der Waals surface area (Å²) in [6.07, 6.45) is 1.08. The van der Waals surface area contributed by atoms with Crippen LogP contribution >= 0.6 is 0 Å². The van der Waals surface area contributed by atoms with Crippen LogP contribution in [0.3, 0.4) is 0 Å². The van der Waals surface area contributed by atoms with Gasteiger partial charge in [-0.1, -0.05) is 31.2 Å². The van der Waals surface area contributed by atoms with Crippen molar-refractivity contribution in [1.29, 1.82) is 0 Å². The number of hydrogen-bond donors (Lipinski definition) is 1. The fraction of sp³-hybridized carbons (Fsp3) is 0.375. The van der Waals surface area contributed by atoms with Crippen LogP contribution in [0.5, 0.6) is 0 Å². The number of aryl methyl sites for hydroxylation is 3. The van der Waals surface area contributed by atoms with Crippen LogP contribution in [-0.2, 0) is 6.42 Å². The average molecular weight is 255 g/mol. The highest BCUT2D eigenvalue weighted by atomic mass is 15.0. The van der Waals surface area contributed by atoms with Crippen LogP contribution in [0, 0.1) is 13.8 Å². The minimum absolute atomic E-state index is 0.236. The van der Waals surface area contributed by atoms with E-state index in [1.807, 2.05) is 19.9 Å². The van der Waals surface area contributed by atoms with Crippen molar-refractivity contribution in [3.63, 3.8) is 0 Å². The summed E-state index contributed by atoms with van der Waals surface area (Å²) in [5.41, 5.74) is 3.62. The molecule has 0 aliphatic rings. The zero-order valence-electron chi connectivity index (χ0n) is 12.1. The second-order valence-electron chi connectivity index (χ2n) is 4.90. The Labute approximate surface area is 115 Å². The molecule has 1 N–H and O–H groups in total. The Hall–Kier alpha value is -1.90. The SMILES string of the molecule is CCc1ccc(C(C)Nc2cc(C)nc(C)n2)cc1. The lowest BCUT2D eigenvalue weighted by Gasteiger charge is -2.16. The number of benzene rings is 1. The van der Waals surface area contributed by atoms with Crippen molar-refractivity contribution >= 4 is 5.82 Å². The zero-order valence-corrected chi connectivity index (χ0v) is 12.1. The molecule has 0 bridgehead atoms. The van der Waals surface area contributed by atoms with Gasteiger partial charge in [0.1, 0.15) is 11.6 Å². The van der Waals surface area contributed by atoms with Gasteiger partial charge in [-0.3, -0.25) is 0 Å². The molecule has 2 rings (SSSR count). The summed E-state index contributed by atoms with van der Waals surface area (Å²) in [7, 11) is 0. The van der Waals surface area contributed by atoms with E-state index in [4.69, 9.17) is 0 Å². The molecular formula is C16H21N3. The molecule has 0 saturated carbocycles. The Balaban J connectivity index is 2.13. The van der Waals surface area contributed by atoms with Gasteiger partial charge in [0.05, 0.1) is 0 Å². The second kappa shape index (κ2) is 5.83. The van der Waals surface area contributed by atoms with Crippen molar-refractivity contribution in [3.05, 3.63) is 53.0 Å². The Bertz CT molecular complexity index is 526. The highest BCUT2D eigenvalue weighted by Gasteiger charge is 2.07. The molecule has 1 heterocycles. The van der Waals surface area contributed by atoms with Gasteiger partial charge in [0.15, 0.2) is 0 Å². The highest BCUT2D eigenvalue weighted by Crippen LogP contribution is 2.19. The lowest BCUT2D eigenvalue weighted by atomic mass is 10.1. The maximum absolute atomic E-state index is 4.41. The normalized spacial score (nSPS) is 12.2. The first kappa shape index (κ1) is 13.5. The number of aromatic nitrogens is 2. The van der Waals surface area contributed by atoms with E-state index >= 15 is 0 Å². The summed E-state index contributed by atoms with van der Waals surface area (Å²) in [6.45, 7) is 8.22. The third-order valence-corrected chi connectivity index (χ3v) is 3.22. The van der Waals surface area contributed by atoms with E-state index in [2.05, 4.69) is 53.4 Å². The molecule has 0 aliphatic heterocycles. The van der Waals surface area contributed by atoms with E-state index < -0.39 is 0 Å². The quantitative estimate of drug-likeness (QED) is 0.902. The summed E-state index contributed by atoms with van der Waals surface area (Å²) in [5, 5.41) is 3.43. The van der Waals surface area contributed by atoms with Gasteiger partial charge in [0, 0.05) is 17.8 Å². The molecule has 0 aliphatic carbocycles. The number of rotatable bonds is 4. The molecule has 0 saturated heterocycles. The lowest BCUT2D eigenvalue weighted by molar-refractivity contribution is 0.862. The smallest absolute Gasteiger partial charge is 0.130 e. The van der Waals surface area contributed by atoms with E-state index in [0.717, 1.165) is 23.8 Å². The Kier molecular flexibility index (Phi) is 4.15. The van der Waals surface area contributed by atoms with Crippen LogP contribution in [-0.4, -0.2) is 9.97 Å². The van der Waals surface area contributed by atoms with E-state index in [0.29, 0.717) is 0 Å². The molecule has 100 valence electrons. The summed E-state index contributed by atoms with van der Waals surface area (Å²) in [4.78, 5) is 8.70. The molecule has 3 nitrogen and oxygen atoms in total. The molecule has 2 aromatic rings. The van der Waals surface area contributed by atoms with Crippen molar-refractivity contribution in [2.45, 2.75) is 40.2 Å². The summed E-state index contributed by atoms with van der Waals surface area (Å²) in [5.74, 6) is 1.69. The van der Waals surface area contributed by atoms with E-state index in [9.17, 15) is 0 Å². The van der Waals surface area contributed by atoms with Gasteiger partial charge in [-0.15, -0.1) is 0 Å². The maximum Gasteiger partial charge on any atom is 0.130 e. The van der Waals surface area contributed by atoms with Gasteiger partial charge in [-0.05, 0) is 38.3 Å². The molecule has 0 fully saturated rings. The van der Waals surface area contributed by atoms with Crippen LogP contribution in [0.2, 0.25) is 0 Å². The minimum Gasteiger partial charge on any atom is -0.363 e. The summed E-state index contributed by atoms with van der Waals surface area (Å²) < 4.78 is 0. The minimum atomic E-state index is 0.236. The van der Waals surface area contributed by atoms with Gasteiger partial charge < -0.3 is 5.32 Å². The zero-order chi connectivity index (χ0) is 13.8. The topological polar surface area (TPSA) is 37.8 Å². The third kappa shape index (κ3) is 3.53. The summed E-state index contributed by atoms with van der Waals surface area (Å²) >= 11 is 0. The Morgan fingerprint density at radius 1 is 1.11 bits per heavy atom. The fourth-order valence-corrected chi connectivity index (χ4v) is 2.14. The van der Waals surface area contributed by atoms with Gasteiger partial charge in [0.2, 0.25) is 0 Å². The average Bonchev–Trinajstić information content (AvgIpc) is 2.37. The molecule has 19 heavy (non-hydrogen) atoms. The van der Waals surface area contributed by atoms with Gasteiger partial charge in [-0.2, -0.15) is 0 Å². The van der Waals surface area contributed by atoms with Gasteiger partial charge in [0.25, 0.3) is 0 Å². The largest absolute Gasteiger partial charge is 0.363 e. The van der Waals surface area contributed by atoms with E-state index in [-0.39, 0.29) is 6.04 Å². The number of nitrogens with one attached hydrogen (secondary N) is 1. The van der Waals surface area contributed by atoms with Crippen LogP contribution in [0.15, 0.2) is 30.3 Å².